The van der Waals surface area contributed by atoms with Crippen LogP contribution in [0, 0.1) is 6.92 Å². The predicted octanol–water partition coefficient (Wildman–Crippen LogP) is 2.13. The lowest BCUT2D eigenvalue weighted by Gasteiger charge is -2.18. The average molecular weight is 326 g/mol. The Morgan fingerprint density at radius 2 is 2.17 bits per heavy atom. The number of benzene rings is 2. The molecule has 0 radical (unpaired) electrons. The van der Waals surface area contributed by atoms with Gasteiger partial charge in [0, 0.05) is 5.56 Å². The highest BCUT2D eigenvalue weighted by Crippen LogP contribution is 2.28. The summed E-state index contributed by atoms with van der Waals surface area (Å²) in [7, 11) is 0. The minimum absolute atomic E-state index is 0.00512. The molecule has 2 N–H and O–H groups in total. The molecular formula is C18H18N2O4. The van der Waals surface area contributed by atoms with Gasteiger partial charge in [0.25, 0.3) is 11.8 Å². The highest BCUT2D eigenvalue weighted by Gasteiger charge is 2.17. The topological polar surface area (TPSA) is 76.7 Å². The number of hydrogen-bond acceptors (Lipinski definition) is 4. The van der Waals surface area contributed by atoms with Crippen molar-refractivity contribution in [2.24, 2.45) is 0 Å². The molecule has 0 bridgehead atoms. The fourth-order valence-electron chi connectivity index (χ4n) is 2.36. The molecule has 124 valence electrons. The van der Waals surface area contributed by atoms with Crippen LogP contribution in [0.25, 0.3) is 0 Å². The van der Waals surface area contributed by atoms with Gasteiger partial charge < -0.3 is 20.1 Å². The lowest BCUT2D eigenvalue weighted by molar-refractivity contribution is -0.118. The van der Waals surface area contributed by atoms with Crippen LogP contribution < -0.4 is 20.1 Å². The molecule has 0 saturated heterocycles. The van der Waals surface area contributed by atoms with Gasteiger partial charge in [-0.15, -0.1) is 0 Å². The first kappa shape index (κ1) is 15.9. The first-order valence-electron chi connectivity index (χ1n) is 7.66. The first-order valence-corrected chi connectivity index (χ1v) is 7.66. The van der Waals surface area contributed by atoms with Crippen LogP contribution >= 0.6 is 0 Å². The van der Waals surface area contributed by atoms with E-state index in [4.69, 9.17) is 9.47 Å². The molecule has 2 aromatic carbocycles. The van der Waals surface area contributed by atoms with Gasteiger partial charge in [0.2, 0.25) is 0 Å². The van der Waals surface area contributed by atoms with Gasteiger partial charge in [-0.1, -0.05) is 12.1 Å². The van der Waals surface area contributed by atoms with Gasteiger partial charge >= 0.3 is 0 Å². The molecule has 0 aliphatic carbocycles. The molecule has 3 rings (SSSR count). The number of carbonyl (C=O) groups excluding carboxylic acids is 2. The maximum atomic E-state index is 12.2. The number of hydrogen-bond donors (Lipinski definition) is 2. The molecule has 1 aliphatic rings. The second-order valence-electron chi connectivity index (χ2n) is 5.47. The third kappa shape index (κ3) is 3.84. The van der Waals surface area contributed by atoms with E-state index in [1.807, 2.05) is 31.2 Å². The largest absolute Gasteiger partial charge is 0.492 e. The average Bonchev–Trinajstić information content (AvgIpc) is 2.58. The van der Waals surface area contributed by atoms with E-state index >= 15 is 0 Å². The SMILES string of the molecule is Cc1cccc(OCCNC(=O)c2ccc3c(c2)NC(=O)CO3)c1. The third-order valence-electron chi connectivity index (χ3n) is 3.52. The van der Waals surface area contributed by atoms with E-state index in [9.17, 15) is 9.59 Å². The molecule has 0 saturated carbocycles. The molecule has 0 unspecified atom stereocenters. The zero-order chi connectivity index (χ0) is 16.9. The van der Waals surface area contributed by atoms with Gasteiger partial charge in [0.05, 0.1) is 12.2 Å². The van der Waals surface area contributed by atoms with E-state index in [1.54, 1.807) is 18.2 Å². The van der Waals surface area contributed by atoms with Crippen LogP contribution in [0.15, 0.2) is 42.5 Å². The Morgan fingerprint density at radius 3 is 3.00 bits per heavy atom. The van der Waals surface area contributed by atoms with Crippen LogP contribution in [0.3, 0.4) is 0 Å². The monoisotopic (exact) mass is 326 g/mol. The van der Waals surface area contributed by atoms with Gasteiger partial charge in [-0.2, -0.15) is 0 Å². The Kier molecular flexibility index (Phi) is 4.65. The molecule has 0 fully saturated rings. The molecular weight excluding hydrogens is 308 g/mol. The zero-order valence-electron chi connectivity index (χ0n) is 13.3. The van der Waals surface area contributed by atoms with Gasteiger partial charge in [0.15, 0.2) is 6.61 Å². The van der Waals surface area contributed by atoms with Crippen molar-refractivity contribution in [2.45, 2.75) is 6.92 Å². The zero-order valence-corrected chi connectivity index (χ0v) is 13.3. The molecule has 2 aromatic rings. The van der Waals surface area contributed by atoms with Gasteiger partial charge in [0.1, 0.15) is 18.1 Å². The summed E-state index contributed by atoms with van der Waals surface area (Å²) in [5, 5.41) is 5.46. The first-order chi connectivity index (χ1) is 11.6. The number of anilines is 1. The van der Waals surface area contributed by atoms with Crippen molar-refractivity contribution in [1.82, 2.24) is 5.32 Å². The number of carbonyl (C=O) groups is 2. The summed E-state index contributed by atoms with van der Waals surface area (Å²) in [6.07, 6.45) is 0. The molecule has 2 amide bonds. The fraction of sp³-hybridized carbons (Fsp3) is 0.222. The molecule has 0 aromatic heterocycles. The van der Waals surface area contributed by atoms with Gasteiger partial charge in [-0.3, -0.25) is 9.59 Å². The van der Waals surface area contributed by atoms with E-state index in [1.165, 1.54) is 0 Å². The molecule has 24 heavy (non-hydrogen) atoms. The maximum Gasteiger partial charge on any atom is 0.262 e. The predicted molar refractivity (Wildman–Crippen MR) is 89.6 cm³/mol. The van der Waals surface area contributed by atoms with Gasteiger partial charge in [-0.25, -0.2) is 0 Å². The van der Waals surface area contributed by atoms with E-state index in [0.29, 0.717) is 30.2 Å². The Morgan fingerprint density at radius 1 is 1.29 bits per heavy atom. The fourth-order valence-corrected chi connectivity index (χ4v) is 2.36. The van der Waals surface area contributed by atoms with Crippen molar-refractivity contribution in [3.8, 4) is 11.5 Å². The second-order valence-corrected chi connectivity index (χ2v) is 5.47. The lowest BCUT2D eigenvalue weighted by Crippen LogP contribution is -2.29. The molecule has 6 nitrogen and oxygen atoms in total. The van der Waals surface area contributed by atoms with E-state index in [-0.39, 0.29) is 18.4 Å². The number of nitrogens with one attached hydrogen (secondary N) is 2. The highest BCUT2D eigenvalue weighted by atomic mass is 16.5. The standard InChI is InChI=1S/C18H18N2O4/c1-12-3-2-4-14(9-12)23-8-7-19-18(22)13-5-6-16-15(10-13)20-17(21)11-24-16/h2-6,9-10H,7-8,11H2,1H3,(H,19,22)(H,20,21). The molecule has 6 heteroatoms. The molecule has 0 atom stereocenters. The number of amides is 2. The van der Waals surface area contributed by atoms with E-state index in [2.05, 4.69) is 10.6 Å². The summed E-state index contributed by atoms with van der Waals surface area (Å²) in [5.41, 5.74) is 2.08. The Bertz CT molecular complexity index is 773. The van der Waals surface area contributed by atoms with Crippen molar-refractivity contribution < 1.29 is 19.1 Å². The number of rotatable bonds is 5. The van der Waals surface area contributed by atoms with Crippen molar-refractivity contribution >= 4 is 17.5 Å². The Labute approximate surface area is 139 Å². The lowest BCUT2D eigenvalue weighted by atomic mass is 10.1. The van der Waals surface area contributed by atoms with Crippen LogP contribution in [-0.2, 0) is 4.79 Å². The van der Waals surface area contributed by atoms with Crippen LogP contribution in [-0.4, -0.2) is 31.6 Å². The minimum Gasteiger partial charge on any atom is -0.492 e. The second kappa shape index (κ2) is 7.04. The summed E-state index contributed by atoms with van der Waals surface area (Å²) < 4.78 is 10.8. The molecule has 1 aliphatic heterocycles. The minimum atomic E-state index is -0.231. The van der Waals surface area contributed by atoms with Crippen molar-refractivity contribution in [3.63, 3.8) is 0 Å². The number of ether oxygens (including phenoxy) is 2. The van der Waals surface area contributed by atoms with E-state index in [0.717, 1.165) is 11.3 Å². The summed E-state index contributed by atoms with van der Waals surface area (Å²) in [6, 6.07) is 12.7. The quantitative estimate of drug-likeness (QED) is 0.825. The summed E-state index contributed by atoms with van der Waals surface area (Å²) in [4.78, 5) is 23.5. The van der Waals surface area contributed by atoms with Gasteiger partial charge in [-0.05, 0) is 42.8 Å². The number of fused-ring (bicyclic) bond motifs is 1. The van der Waals surface area contributed by atoms with Crippen LogP contribution in [0.2, 0.25) is 0 Å². The number of aryl methyl sites for hydroxylation is 1. The smallest absolute Gasteiger partial charge is 0.262 e. The van der Waals surface area contributed by atoms with Crippen molar-refractivity contribution in [1.29, 1.82) is 0 Å². The molecule has 0 spiro atoms. The summed E-state index contributed by atoms with van der Waals surface area (Å²) in [6.45, 7) is 2.74. The normalized spacial score (nSPS) is 12.6. The summed E-state index contributed by atoms with van der Waals surface area (Å²) >= 11 is 0. The van der Waals surface area contributed by atoms with Crippen LogP contribution in [0.5, 0.6) is 11.5 Å². The van der Waals surface area contributed by atoms with Crippen LogP contribution in [0.1, 0.15) is 15.9 Å². The highest BCUT2D eigenvalue weighted by molar-refractivity contribution is 5.99. The maximum absolute atomic E-state index is 12.2. The summed E-state index contributed by atoms with van der Waals surface area (Å²) in [5.74, 6) is 0.879. The Balaban J connectivity index is 1.52. The van der Waals surface area contributed by atoms with Crippen molar-refractivity contribution in [2.75, 3.05) is 25.1 Å². The van der Waals surface area contributed by atoms with Crippen molar-refractivity contribution in [3.05, 3.63) is 53.6 Å². The third-order valence-corrected chi connectivity index (χ3v) is 3.52. The van der Waals surface area contributed by atoms with E-state index < -0.39 is 0 Å². The Hall–Kier alpha value is -3.02. The van der Waals surface area contributed by atoms with Crippen LogP contribution in [0.4, 0.5) is 5.69 Å². The molecule has 1 heterocycles.